The number of aliphatic hydroxyl groups is 1. The number of ether oxygens (including phenoxy) is 1. The number of methoxy groups -OCH3 is 1. The molecule has 16 heavy (non-hydrogen) atoms. The summed E-state index contributed by atoms with van der Waals surface area (Å²) in [5.74, 6) is 1.28. The van der Waals surface area contributed by atoms with Crippen molar-refractivity contribution in [2.45, 2.75) is 37.7 Å². The normalized spacial score (nSPS) is 25.4. The lowest BCUT2D eigenvalue weighted by Crippen LogP contribution is -2.17. The minimum absolute atomic E-state index is 0.117. The number of benzene rings is 1. The first-order chi connectivity index (χ1) is 7.70. The van der Waals surface area contributed by atoms with Gasteiger partial charge in [-0.25, -0.2) is 0 Å². The molecule has 0 saturated heterocycles. The van der Waals surface area contributed by atoms with Crippen LogP contribution in [0.5, 0.6) is 5.75 Å². The summed E-state index contributed by atoms with van der Waals surface area (Å²) in [6, 6.07) is 5.86. The summed E-state index contributed by atoms with van der Waals surface area (Å²) < 4.78 is 5.13. The molecular formula is C13H17ClO2. The molecule has 1 aromatic rings. The van der Waals surface area contributed by atoms with E-state index in [1.165, 1.54) is 5.56 Å². The largest absolute Gasteiger partial charge is 0.497 e. The molecule has 1 saturated carbocycles. The van der Waals surface area contributed by atoms with Gasteiger partial charge in [-0.15, -0.1) is 0 Å². The minimum atomic E-state index is -0.117. The zero-order valence-corrected chi connectivity index (χ0v) is 10.2. The van der Waals surface area contributed by atoms with E-state index in [2.05, 4.69) is 0 Å². The zero-order chi connectivity index (χ0) is 11.5. The Labute approximate surface area is 101 Å². The van der Waals surface area contributed by atoms with Crippen molar-refractivity contribution in [3.63, 3.8) is 0 Å². The third-order valence-electron chi connectivity index (χ3n) is 3.34. The maximum atomic E-state index is 9.47. The van der Waals surface area contributed by atoms with Gasteiger partial charge in [0.05, 0.1) is 13.2 Å². The van der Waals surface area contributed by atoms with Gasteiger partial charge in [0.1, 0.15) is 5.75 Å². The molecule has 0 unspecified atom stereocenters. The molecule has 1 N–H and O–H groups in total. The molecule has 1 aliphatic rings. The Balaban J connectivity index is 2.14. The summed E-state index contributed by atoms with van der Waals surface area (Å²) in [6.07, 6.45) is 3.69. The van der Waals surface area contributed by atoms with Crippen LogP contribution in [0, 0.1) is 0 Å². The van der Waals surface area contributed by atoms with Crippen molar-refractivity contribution in [2.24, 2.45) is 0 Å². The van der Waals surface area contributed by atoms with Crippen LogP contribution in [-0.4, -0.2) is 18.3 Å². The average Bonchev–Trinajstić information content (AvgIpc) is 2.30. The van der Waals surface area contributed by atoms with Crippen molar-refractivity contribution in [1.29, 1.82) is 0 Å². The van der Waals surface area contributed by atoms with Crippen LogP contribution in [-0.2, 0) is 0 Å². The molecule has 3 heteroatoms. The highest BCUT2D eigenvalue weighted by Gasteiger charge is 2.22. The lowest BCUT2D eigenvalue weighted by Gasteiger charge is -2.26. The number of aliphatic hydroxyl groups excluding tert-OH is 1. The van der Waals surface area contributed by atoms with Gasteiger partial charge in [0, 0.05) is 5.02 Å². The van der Waals surface area contributed by atoms with Gasteiger partial charge in [0.25, 0.3) is 0 Å². The lowest BCUT2D eigenvalue weighted by molar-refractivity contribution is 0.122. The van der Waals surface area contributed by atoms with Gasteiger partial charge in [0.15, 0.2) is 0 Å². The topological polar surface area (TPSA) is 29.5 Å². The Morgan fingerprint density at radius 3 is 2.50 bits per heavy atom. The van der Waals surface area contributed by atoms with Gasteiger partial charge in [0.2, 0.25) is 0 Å². The van der Waals surface area contributed by atoms with Crippen molar-refractivity contribution in [3.8, 4) is 5.75 Å². The molecule has 0 bridgehead atoms. The van der Waals surface area contributed by atoms with Gasteiger partial charge in [-0.1, -0.05) is 17.7 Å². The summed E-state index contributed by atoms with van der Waals surface area (Å²) in [5, 5.41) is 10.3. The molecule has 0 heterocycles. The fourth-order valence-corrected chi connectivity index (χ4v) is 2.68. The van der Waals surface area contributed by atoms with E-state index in [0.29, 0.717) is 5.92 Å². The molecule has 0 spiro atoms. The molecule has 0 amide bonds. The molecule has 1 fully saturated rings. The second-order valence-corrected chi connectivity index (χ2v) is 4.80. The van der Waals surface area contributed by atoms with Crippen LogP contribution in [0.1, 0.15) is 37.2 Å². The average molecular weight is 241 g/mol. The fourth-order valence-electron chi connectivity index (χ4n) is 2.35. The highest BCUT2D eigenvalue weighted by molar-refractivity contribution is 6.31. The van der Waals surface area contributed by atoms with Crippen LogP contribution >= 0.6 is 11.6 Å². The second kappa shape index (κ2) is 5.07. The quantitative estimate of drug-likeness (QED) is 0.859. The molecule has 88 valence electrons. The molecule has 1 aliphatic carbocycles. The fraction of sp³-hybridized carbons (Fsp3) is 0.538. The van der Waals surface area contributed by atoms with Crippen LogP contribution in [0.3, 0.4) is 0 Å². The van der Waals surface area contributed by atoms with Crippen molar-refractivity contribution in [3.05, 3.63) is 28.8 Å². The van der Waals surface area contributed by atoms with E-state index >= 15 is 0 Å². The van der Waals surface area contributed by atoms with Crippen LogP contribution in [0.2, 0.25) is 5.02 Å². The van der Waals surface area contributed by atoms with Gasteiger partial charge in [-0.05, 0) is 49.3 Å². The summed E-state index contributed by atoms with van der Waals surface area (Å²) in [5.41, 5.74) is 1.19. The molecule has 0 aliphatic heterocycles. The molecule has 0 atom stereocenters. The molecular weight excluding hydrogens is 224 g/mol. The van der Waals surface area contributed by atoms with E-state index in [4.69, 9.17) is 16.3 Å². The van der Waals surface area contributed by atoms with Crippen molar-refractivity contribution in [2.75, 3.05) is 7.11 Å². The Kier molecular flexibility index (Phi) is 3.72. The third kappa shape index (κ3) is 2.50. The Morgan fingerprint density at radius 2 is 1.94 bits per heavy atom. The van der Waals surface area contributed by atoms with Gasteiger partial charge >= 0.3 is 0 Å². The van der Waals surface area contributed by atoms with E-state index < -0.39 is 0 Å². The molecule has 1 aromatic carbocycles. The summed E-state index contributed by atoms with van der Waals surface area (Å²) in [4.78, 5) is 0. The zero-order valence-electron chi connectivity index (χ0n) is 9.45. The van der Waals surface area contributed by atoms with Crippen molar-refractivity contribution < 1.29 is 9.84 Å². The predicted octanol–water partition coefficient (Wildman–Crippen LogP) is 3.37. The number of hydrogen-bond acceptors (Lipinski definition) is 2. The van der Waals surface area contributed by atoms with Crippen LogP contribution in [0.4, 0.5) is 0 Å². The van der Waals surface area contributed by atoms with Crippen LogP contribution < -0.4 is 4.74 Å². The Morgan fingerprint density at radius 1 is 1.25 bits per heavy atom. The molecule has 0 radical (unpaired) electrons. The maximum Gasteiger partial charge on any atom is 0.120 e. The Hall–Kier alpha value is -0.730. The van der Waals surface area contributed by atoms with Gasteiger partial charge in [-0.2, -0.15) is 0 Å². The maximum absolute atomic E-state index is 9.47. The number of rotatable bonds is 2. The molecule has 0 aromatic heterocycles. The van der Waals surface area contributed by atoms with Crippen LogP contribution in [0.25, 0.3) is 0 Å². The first-order valence-electron chi connectivity index (χ1n) is 5.72. The standard InChI is InChI=1S/C13H17ClO2/c1-16-11-6-7-12(13(14)8-11)9-2-4-10(15)5-3-9/h6-10,15H,2-5H2,1H3. The number of halogens is 1. The first-order valence-corrected chi connectivity index (χ1v) is 6.10. The SMILES string of the molecule is COc1ccc(C2CCC(O)CC2)c(Cl)c1. The smallest absolute Gasteiger partial charge is 0.120 e. The molecule has 2 nitrogen and oxygen atoms in total. The summed E-state index contributed by atoms with van der Waals surface area (Å²) >= 11 is 6.24. The van der Waals surface area contributed by atoms with Crippen LogP contribution in [0.15, 0.2) is 18.2 Å². The second-order valence-electron chi connectivity index (χ2n) is 4.39. The van der Waals surface area contributed by atoms with Crippen molar-refractivity contribution >= 4 is 11.6 Å². The molecule has 2 rings (SSSR count). The lowest BCUT2D eigenvalue weighted by atomic mass is 9.83. The highest BCUT2D eigenvalue weighted by atomic mass is 35.5. The summed E-state index contributed by atoms with van der Waals surface area (Å²) in [7, 11) is 1.64. The van der Waals surface area contributed by atoms with Crippen molar-refractivity contribution in [1.82, 2.24) is 0 Å². The third-order valence-corrected chi connectivity index (χ3v) is 3.67. The minimum Gasteiger partial charge on any atom is -0.497 e. The van der Waals surface area contributed by atoms with Gasteiger partial charge < -0.3 is 9.84 Å². The van der Waals surface area contributed by atoms with E-state index in [0.717, 1.165) is 36.5 Å². The Bertz CT molecular complexity index is 357. The van der Waals surface area contributed by atoms with E-state index in [1.807, 2.05) is 18.2 Å². The highest BCUT2D eigenvalue weighted by Crippen LogP contribution is 2.37. The van der Waals surface area contributed by atoms with E-state index in [1.54, 1.807) is 7.11 Å². The summed E-state index contributed by atoms with van der Waals surface area (Å²) in [6.45, 7) is 0. The van der Waals surface area contributed by atoms with Gasteiger partial charge in [-0.3, -0.25) is 0 Å². The first kappa shape index (κ1) is 11.7. The van der Waals surface area contributed by atoms with E-state index in [9.17, 15) is 5.11 Å². The number of hydrogen-bond donors (Lipinski definition) is 1. The predicted molar refractivity (Wildman–Crippen MR) is 65.2 cm³/mol. The monoisotopic (exact) mass is 240 g/mol. The van der Waals surface area contributed by atoms with E-state index in [-0.39, 0.29) is 6.10 Å².